The van der Waals surface area contributed by atoms with Crippen LogP contribution in [-0.4, -0.2) is 53.3 Å². The van der Waals surface area contributed by atoms with Crippen molar-refractivity contribution in [3.8, 4) is 22.6 Å². The fourth-order valence-electron chi connectivity index (χ4n) is 8.95. The van der Waals surface area contributed by atoms with E-state index in [4.69, 9.17) is 9.47 Å². The van der Waals surface area contributed by atoms with Crippen molar-refractivity contribution in [2.45, 2.75) is 68.3 Å². The molecule has 8 rings (SSSR count). The molecule has 2 bridgehead atoms. The van der Waals surface area contributed by atoms with E-state index in [1.54, 1.807) is 6.07 Å². The van der Waals surface area contributed by atoms with Gasteiger partial charge < -0.3 is 19.1 Å². The number of hydrogen-bond donors (Lipinski definition) is 1. The zero-order valence-corrected chi connectivity index (χ0v) is 22.6. The zero-order chi connectivity index (χ0) is 26.4. The van der Waals surface area contributed by atoms with Gasteiger partial charge >= 0.3 is 0 Å². The topological polar surface area (TPSA) is 55.8 Å². The molecule has 5 atom stereocenters. The molecule has 0 radical (unpaired) electrons. The first-order valence-electron chi connectivity index (χ1n) is 14.6. The molecule has 1 N–H and O–H groups in total. The number of ketones is 1. The first kappa shape index (κ1) is 23.7. The first-order valence-corrected chi connectivity index (χ1v) is 14.6. The van der Waals surface area contributed by atoms with E-state index in [0.29, 0.717) is 25.2 Å². The van der Waals surface area contributed by atoms with E-state index in [1.165, 1.54) is 41.6 Å². The second-order valence-corrected chi connectivity index (χ2v) is 12.9. The van der Waals surface area contributed by atoms with Gasteiger partial charge in [-0.1, -0.05) is 60.7 Å². The maximum atomic E-state index is 13.6. The Morgan fingerprint density at radius 1 is 1.03 bits per heavy atom. The third kappa shape index (κ3) is 3.17. The van der Waals surface area contributed by atoms with Gasteiger partial charge in [0, 0.05) is 30.7 Å². The molecule has 1 saturated heterocycles. The number of ether oxygens (including phenoxy) is 2. The summed E-state index contributed by atoms with van der Waals surface area (Å²) in [4.78, 5) is 13.6. The number of piperidine rings is 1. The number of rotatable bonds is 6. The standard InChI is InChI=1S/C34H35NO4/c1-35(20-22-11-12-22)18-17-33-30-24-13-14-27(36)31(30)39-32(33)28(37)15-16-34(33,29(35)19-24)38-21-25-9-5-6-10-26(25)23-7-3-2-4-8-23/h2-10,13-14,22,29,32H,11-12,15-21H2,1H3/p+1/t29-,32+,33+,34-,35-/m1/s1. The summed E-state index contributed by atoms with van der Waals surface area (Å²) in [6.07, 6.45) is 4.94. The minimum Gasteiger partial charge on any atom is -0.504 e. The quantitative estimate of drug-likeness (QED) is 0.431. The van der Waals surface area contributed by atoms with Gasteiger partial charge in [-0.25, -0.2) is 0 Å². The van der Waals surface area contributed by atoms with Gasteiger partial charge in [0.2, 0.25) is 0 Å². The fourth-order valence-corrected chi connectivity index (χ4v) is 8.95. The molecule has 5 heteroatoms. The molecule has 0 amide bonds. The number of Topliss-reactive ketones (excluding diaryl/α,β-unsaturated/α-hetero) is 1. The van der Waals surface area contributed by atoms with Crippen LogP contribution >= 0.6 is 0 Å². The molecule has 5 aliphatic rings. The lowest BCUT2D eigenvalue weighted by atomic mass is 9.48. The van der Waals surface area contributed by atoms with Crippen molar-refractivity contribution >= 4 is 5.78 Å². The molecule has 1 spiro atoms. The van der Waals surface area contributed by atoms with Crippen molar-refractivity contribution in [3.63, 3.8) is 0 Å². The highest BCUT2D eigenvalue weighted by Gasteiger charge is 2.77. The van der Waals surface area contributed by atoms with Crippen LogP contribution in [0.25, 0.3) is 11.1 Å². The summed E-state index contributed by atoms with van der Waals surface area (Å²) in [6.45, 7) is 2.66. The molecule has 5 nitrogen and oxygen atoms in total. The lowest BCUT2D eigenvalue weighted by molar-refractivity contribution is -0.950. The van der Waals surface area contributed by atoms with Crippen molar-refractivity contribution in [3.05, 3.63) is 83.4 Å². The Balaban J connectivity index is 1.28. The number of hydrogen-bond acceptors (Lipinski definition) is 4. The van der Waals surface area contributed by atoms with Crippen LogP contribution in [0.15, 0.2) is 66.7 Å². The van der Waals surface area contributed by atoms with Crippen LogP contribution in [-0.2, 0) is 28.0 Å². The summed E-state index contributed by atoms with van der Waals surface area (Å²) in [7, 11) is 2.44. The summed E-state index contributed by atoms with van der Waals surface area (Å²) < 4.78 is 14.9. The van der Waals surface area contributed by atoms with Crippen LogP contribution < -0.4 is 4.74 Å². The Hall–Kier alpha value is -3.15. The number of carbonyl (C=O) groups excluding carboxylic acids is 1. The number of phenolic OH excluding ortho intramolecular Hbond substituents is 1. The molecule has 39 heavy (non-hydrogen) atoms. The number of benzene rings is 3. The number of aromatic hydroxyl groups is 1. The molecule has 3 aliphatic carbocycles. The molecule has 0 unspecified atom stereocenters. The van der Waals surface area contributed by atoms with Crippen LogP contribution in [0.1, 0.15) is 48.8 Å². The average Bonchev–Trinajstić information content (AvgIpc) is 3.69. The minimum atomic E-state index is -0.588. The van der Waals surface area contributed by atoms with Crippen molar-refractivity contribution in [1.29, 1.82) is 0 Å². The SMILES string of the molecule is C[N@+]1(CC2CC2)CC[C@]23c4c5ccc(O)c4O[C@H]2C(=O)CC[C@@]3(OCc2ccccc2-c2ccccc2)[C@H]1C5. The molecule has 3 aromatic rings. The van der Waals surface area contributed by atoms with Crippen LogP contribution in [0.4, 0.5) is 0 Å². The lowest BCUT2D eigenvalue weighted by Crippen LogP contribution is -2.81. The third-order valence-electron chi connectivity index (χ3n) is 10.8. The van der Waals surface area contributed by atoms with Gasteiger partial charge in [0.05, 0.1) is 32.2 Å². The van der Waals surface area contributed by atoms with Crippen LogP contribution in [0.2, 0.25) is 0 Å². The Kier molecular flexibility index (Phi) is 4.98. The normalized spacial score (nSPS) is 33.9. The van der Waals surface area contributed by atoms with E-state index in [-0.39, 0.29) is 17.6 Å². The lowest BCUT2D eigenvalue weighted by Gasteiger charge is -2.66. The molecule has 3 aromatic carbocycles. The predicted molar refractivity (Wildman–Crippen MR) is 149 cm³/mol. The molecule has 0 aromatic heterocycles. The highest BCUT2D eigenvalue weighted by Crippen LogP contribution is 2.67. The van der Waals surface area contributed by atoms with Gasteiger partial charge in [0.15, 0.2) is 23.4 Å². The van der Waals surface area contributed by atoms with E-state index in [1.807, 2.05) is 6.07 Å². The minimum absolute atomic E-state index is 0.146. The van der Waals surface area contributed by atoms with E-state index >= 15 is 0 Å². The summed E-state index contributed by atoms with van der Waals surface area (Å²) in [5.41, 5.74) is 4.73. The number of likely N-dealkylation sites (tertiary alicyclic amines) is 1. The smallest absolute Gasteiger partial charge is 0.174 e. The average molecular weight is 523 g/mol. The Bertz CT molecular complexity index is 1480. The number of nitrogens with zero attached hydrogens (tertiary/aromatic N) is 1. The number of quaternary nitrogens is 1. The maximum Gasteiger partial charge on any atom is 0.174 e. The number of likely N-dealkylation sites (N-methyl/N-ethyl adjacent to an activating group) is 1. The Labute approximate surface area is 230 Å². The van der Waals surface area contributed by atoms with Gasteiger partial charge in [0.1, 0.15) is 11.6 Å². The molecular formula is C34H36NO4+. The highest BCUT2D eigenvalue weighted by atomic mass is 16.5. The summed E-state index contributed by atoms with van der Waals surface area (Å²) in [5.74, 6) is 1.62. The Morgan fingerprint density at radius 3 is 2.64 bits per heavy atom. The zero-order valence-electron chi connectivity index (χ0n) is 22.6. The van der Waals surface area contributed by atoms with E-state index < -0.39 is 17.1 Å². The van der Waals surface area contributed by atoms with Crippen molar-refractivity contribution in [2.75, 3.05) is 20.1 Å². The maximum absolute atomic E-state index is 13.6. The van der Waals surface area contributed by atoms with Gasteiger partial charge in [-0.05, 0) is 47.6 Å². The van der Waals surface area contributed by atoms with Crippen LogP contribution in [0.5, 0.6) is 11.5 Å². The highest BCUT2D eigenvalue weighted by molar-refractivity contribution is 5.90. The Morgan fingerprint density at radius 2 is 1.82 bits per heavy atom. The monoisotopic (exact) mass is 522 g/mol. The predicted octanol–water partition coefficient (Wildman–Crippen LogP) is 5.56. The van der Waals surface area contributed by atoms with Gasteiger partial charge in [-0.15, -0.1) is 0 Å². The molecule has 2 aliphatic heterocycles. The number of carbonyl (C=O) groups is 1. The van der Waals surface area contributed by atoms with Crippen LogP contribution in [0.3, 0.4) is 0 Å². The second kappa shape index (κ2) is 8.18. The fraction of sp³-hybridized carbons (Fsp3) is 0.441. The summed E-state index contributed by atoms with van der Waals surface area (Å²) >= 11 is 0. The van der Waals surface area contributed by atoms with Gasteiger partial charge in [0.25, 0.3) is 0 Å². The van der Waals surface area contributed by atoms with Gasteiger partial charge in [-0.3, -0.25) is 4.79 Å². The van der Waals surface area contributed by atoms with Crippen molar-refractivity contribution in [2.24, 2.45) is 5.92 Å². The molecular weight excluding hydrogens is 486 g/mol. The first-order chi connectivity index (χ1) is 19.0. The van der Waals surface area contributed by atoms with E-state index in [2.05, 4.69) is 61.6 Å². The van der Waals surface area contributed by atoms with Gasteiger partial charge in [-0.2, -0.15) is 0 Å². The van der Waals surface area contributed by atoms with Crippen molar-refractivity contribution < 1.29 is 23.9 Å². The molecule has 3 fully saturated rings. The molecule has 200 valence electrons. The van der Waals surface area contributed by atoms with Crippen molar-refractivity contribution in [1.82, 2.24) is 0 Å². The van der Waals surface area contributed by atoms with E-state index in [9.17, 15) is 9.90 Å². The van der Waals surface area contributed by atoms with E-state index in [0.717, 1.165) is 35.4 Å². The summed E-state index contributed by atoms with van der Waals surface area (Å²) in [5, 5.41) is 10.9. The van der Waals surface area contributed by atoms with Crippen LogP contribution in [0, 0.1) is 5.92 Å². The third-order valence-corrected chi connectivity index (χ3v) is 10.8. The number of phenols is 1. The second-order valence-electron chi connectivity index (χ2n) is 12.9. The molecule has 2 saturated carbocycles. The summed E-state index contributed by atoms with van der Waals surface area (Å²) in [6, 6.07) is 23.1. The largest absolute Gasteiger partial charge is 0.504 e. The molecule has 2 heterocycles.